The van der Waals surface area contributed by atoms with Crippen LogP contribution in [0.5, 0.6) is 0 Å². The van der Waals surface area contributed by atoms with Crippen LogP contribution in [0.2, 0.25) is 0 Å². The monoisotopic (exact) mass is 331 g/mol. The molecule has 0 unspecified atom stereocenters. The van der Waals surface area contributed by atoms with E-state index in [0.717, 1.165) is 19.3 Å². The van der Waals surface area contributed by atoms with Crippen LogP contribution in [0, 0.1) is 0 Å². The number of carbonyl (C=O) groups excluding carboxylic acids is 2. The van der Waals surface area contributed by atoms with Crippen LogP contribution in [0.15, 0.2) is 30.3 Å². The predicted molar refractivity (Wildman–Crippen MR) is 90.6 cm³/mol. The van der Waals surface area contributed by atoms with Crippen LogP contribution in [-0.2, 0) is 16.0 Å². The molecular formula is C18H25N3O3. The van der Waals surface area contributed by atoms with Crippen molar-refractivity contribution >= 4 is 11.9 Å². The van der Waals surface area contributed by atoms with Crippen LogP contribution in [0.4, 0.5) is 4.79 Å². The number of amides is 3. The second kappa shape index (κ2) is 8.15. The van der Waals surface area contributed by atoms with Crippen LogP contribution in [0.3, 0.4) is 0 Å². The van der Waals surface area contributed by atoms with Gasteiger partial charge in [-0.25, -0.2) is 4.79 Å². The molecular weight excluding hydrogens is 306 g/mol. The molecule has 3 rings (SSSR count). The first-order chi connectivity index (χ1) is 11.7. The molecule has 24 heavy (non-hydrogen) atoms. The summed E-state index contributed by atoms with van der Waals surface area (Å²) in [6, 6.07) is 9.55. The minimum Gasteiger partial charge on any atom is -0.374 e. The first kappa shape index (κ1) is 16.8. The van der Waals surface area contributed by atoms with Crippen molar-refractivity contribution in [3.63, 3.8) is 0 Å². The summed E-state index contributed by atoms with van der Waals surface area (Å²) in [6.45, 7) is 2.34. The maximum Gasteiger partial charge on any atom is 0.318 e. The third kappa shape index (κ3) is 4.47. The standard InChI is InChI=1S/C18H25N3O3/c22-17-16(8-4-5-9-19-17)20-18(23)21-10-11-24-15(13-21)12-14-6-2-1-3-7-14/h1-3,6-7,15-16H,4-5,8-13H2,(H,19,22)(H,20,23)/t15-,16+/m1/s1. The van der Waals surface area contributed by atoms with E-state index in [1.54, 1.807) is 4.90 Å². The first-order valence-corrected chi connectivity index (χ1v) is 8.71. The van der Waals surface area contributed by atoms with E-state index in [-0.39, 0.29) is 18.0 Å². The fourth-order valence-electron chi connectivity index (χ4n) is 3.22. The largest absolute Gasteiger partial charge is 0.374 e. The van der Waals surface area contributed by atoms with Gasteiger partial charge in [0.15, 0.2) is 0 Å². The Hall–Kier alpha value is -2.08. The molecule has 3 amide bonds. The van der Waals surface area contributed by atoms with E-state index >= 15 is 0 Å². The lowest BCUT2D eigenvalue weighted by Crippen LogP contribution is -2.54. The number of rotatable bonds is 3. The Bertz CT molecular complexity index is 564. The summed E-state index contributed by atoms with van der Waals surface area (Å²) in [5.41, 5.74) is 1.20. The molecule has 130 valence electrons. The minimum atomic E-state index is -0.421. The van der Waals surface area contributed by atoms with E-state index in [9.17, 15) is 9.59 Å². The van der Waals surface area contributed by atoms with E-state index in [1.165, 1.54) is 5.56 Å². The second-order valence-corrected chi connectivity index (χ2v) is 6.42. The highest BCUT2D eigenvalue weighted by Crippen LogP contribution is 2.13. The summed E-state index contributed by atoms with van der Waals surface area (Å²) in [5.74, 6) is -0.0741. The molecule has 2 N–H and O–H groups in total. The van der Waals surface area contributed by atoms with Gasteiger partial charge in [0, 0.05) is 26.1 Å². The lowest BCUT2D eigenvalue weighted by atomic mass is 10.1. The number of carbonyl (C=O) groups is 2. The second-order valence-electron chi connectivity index (χ2n) is 6.42. The molecule has 0 saturated carbocycles. The molecule has 2 aliphatic heterocycles. The molecule has 2 fully saturated rings. The molecule has 1 aromatic rings. The molecule has 2 atom stereocenters. The van der Waals surface area contributed by atoms with E-state index in [2.05, 4.69) is 22.8 Å². The normalized spacial score (nSPS) is 24.8. The lowest BCUT2D eigenvalue weighted by Gasteiger charge is -2.34. The lowest BCUT2D eigenvalue weighted by molar-refractivity contribution is -0.122. The van der Waals surface area contributed by atoms with Gasteiger partial charge < -0.3 is 20.3 Å². The van der Waals surface area contributed by atoms with E-state index in [4.69, 9.17) is 4.74 Å². The Labute approximate surface area is 142 Å². The highest BCUT2D eigenvalue weighted by atomic mass is 16.5. The van der Waals surface area contributed by atoms with Gasteiger partial charge in [0.25, 0.3) is 0 Å². The number of nitrogens with one attached hydrogen (secondary N) is 2. The zero-order valence-electron chi connectivity index (χ0n) is 13.9. The van der Waals surface area contributed by atoms with Crippen molar-refractivity contribution < 1.29 is 14.3 Å². The van der Waals surface area contributed by atoms with Gasteiger partial charge in [0.1, 0.15) is 6.04 Å². The van der Waals surface area contributed by atoms with Gasteiger partial charge in [-0.1, -0.05) is 30.3 Å². The van der Waals surface area contributed by atoms with Gasteiger partial charge >= 0.3 is 6.03 Å². The van der Waals surface area contributed by atoms with Gasteiger partial charge in [0.2, 0.25) is 5.91 Å². The highest BCUT2D eigenvalue weighted by molar-refractivity contribution is 5.87. The highest BCUT2D eigenvalue weighted by Gasteiger charge is 2.28. The molecule has 0 radical (unpaired) electrons. The number of ether oxygens (including phenoxy) is 1. The van der Waals surface area contributed by atoms with Crippen LogP contribution < -0.4 is 10.6 Å². The summed E-state index contributed by atoms with van der Waals surface area (Å²) < 4.78 is 5.79. The number of nitrogens with zero attached hydrogens (tertiary/aromatic N) is 1. The number of hydrogen-bond donors (Lipinski definition) is 2. The number of benzene rings is 1. The number of urea groups is 1. The number of morpholine rings is 1. The zero-order valence-corrected chi connectivity index (χ0v) is 13.9. The predicted octanol–water partition coefficient (Wildman–Crippen LogP) is 1.31. The molecule has 6 nitrogen and oxygen atoms in total. The fourth-order valence-corrected chi connectivity index (χ4v) is 3.22. The maximum atomic E-state index is 12.5. The molecule has 6 heteroatoms. The van der Waals surface area contributed by atoms with Crippen molar-refractivity contribution in [2.45, 2.75) is 37.8 Å². The van der Waals surface area contributed by atoms with Crippen molar-refractivity contribution in [2.24, 2.45) is 0 Å². The average molecular weight is 331 g/mol. The van der Waals surface area contributed by atoms with Crippen LogP contribution in [0.1, 0.15) is 24.8 Å². The van der Waals surface area contributed by atoms with Gasteiger partial charge in [-0.3, -0.25) is 4.79 Å². The molecule has 2 aliphatic rings. The van der Waals surface area contributed by atoms with Crippen LogP contribution in [0.25, 0.3) is 0 Å². The van der Waals surface area contributed by atoms with E-state index in [0.29, 0.717) is 32.7 Å². The summed E-state index contributed by atoms with van der Waals surface area (Å²) in [6.07, 6.45) is 3.40. The molecule has 1 aromatic carbocycles. The molecule has 0 bridgehead atoms. The Morgan fingerprint density at radius 1 is 1.29 bits per heavy atom. The summed E-state index contributed by atoms with van der Waals surface area (Å²) >= 11 is 0. The van der Waals surface area contributed by atoms with E-state index < -0.39 is 6.04 Å². The van der Waals surface area contributed by atoms with Crippen molar-refractivity contribution in [1.29, 1.82) is 0 Å². The van der Waals surface area contributed by atoms with Crippen molar-refractivity contribution in [1.82, 2.24) is 15.5 Å². The van der Waals surface area contributed by atoms with Crippen LogP contribution >= 0.6 is 0 Å². The summed E-state index contributed by atoms with van der Waals surface area (Å²) in [7, 11) is 0. The zero-order chi connectivity index (χ0) is 16.8. The van der Waals surface area contributed by atoms with Gasteiger partial charge in [0.05, 0.1) is 12.7 Å². The molecule has 0 aromatic heterocycles. The number of hydrogen-bond acceptors (Lipinski definition) is 3. The Morgan fingerprint density at radius 3 is 2.96 bits per heavy atom. The van der Waals surface area contributed by atoms with Gasteiger partial charge in [-0.15, -0.1) is 0 Å². The fraction of sp³-hybridized carbons (Fsp3) is 0.556. The SMILES string of the molecule is O=C1NCCCC[C@@H]1NC(=O)N1CCO[C@H](Cc2ccccc2)C1. The third-order valence-electron chi connectivity index (χ3n) is 4.57. The quantitative estimate of drug-likeness (QED) is 0.877. The summed E-state index contributed by atoms with van der Waals surface area (Å²) in [5, 5.41) is 5.73. The molecule has 0 spiro atoms. The van der Waals surface area contributed by atoms with Crippen molar-refractivity contribution in [3.8, 4) is 0 Å². The first-order valence-electron chi connectivity index (χ1n) is 8.71. The molecule has 2 saturated heterocycles. The summed E-state index contributed by atoms with van der Waals surface area (Å²) in [4.78, 5) is 26.2. The Kier molecular flexibility index (Phi) is 5.69. The average Bonchev–Trinajstić information content (AvgIpc) is 2.81. The Balaban J connectivity index is 1.53. The van der Waals surface area contributed by atoms with E-state index in [1.807, 2.05) is 18.2 Å². The Morgan fingerprint density at radius 2 is 2.12 bits per heavy atom. The maximum absolute atomic E-state index is 12.5. The smallest absolute Gasteiger partial charge is 0.318 e. The van der Waals surface area contributed by atoms with Crippen molar-refractivity contribution in [2.75, 3.05) is 26.2 Å². The van der Waals surface area contributed by atoms with Crippen LogP contribution in [-0.4, -0.2) is 55.2 Å². The van der Waals surface area contributed by atoms with Crippen molar-refractivity contribution in [3.05, 3.63) is 35.9 Å². The molecule has 0 aliphatic carbocycles. The molecule has 2 heterocycles. The minimum absolute atomic E-state index is 0.00476. The van der Waals surface area contributed by atoms with Gasteiger partial charge in [-0.2, -0.15) is 0 Å². The third-order valence-corrected chi connectivity index (χ3v) is 4.57. The van der Waals surface area contributed by atoms with Gasteiger partial charge in [-0.05, 0) is 24.8 Å². The topological polar surface area (TPSA) is 70.7 Å².